The van der Waals surface area contributed by atoms with E-state index in [2.05, 4.69) is 5.32 Å². The van der Waals surface area contributed by atoms with Crippen molar-refractivity contribution in [1.82, 2.24) is 0 Å². The van der Waals surface area contributed by atoms with Crippen LogP contribution in [0.1, 0.15) is 5.56 Å². The van der Waals surface area contributed by atoms with Gasteiger partial charge in [-0.2, -0.15) is 0 Å². The molecular formula is C8H7FNO. The Labute approximate surface area is 64.0 Å². The first-order chi connectivity index (χ1) is 5.24. The topological polar surface area (TPSA) is 29.1 Å². The number of nitrogens with one attached hydrogen (secondary N) is 1. The van der Waals surface area contributed by atoms with Crippen LogP contribution in [-0.2, 0) is 4.79 Å². The summed E-state index contributed by atoms with van der Waals surface area (Å²) < 4.78 is 12.7. The highest BCUT2D eigenvalue weighted by Crippen LogP contribution is 2.14. The van der Waals surface area contributed by atoms with Gasteiger partial charge in [0.15, 0.2) is 0 Å². The van der Waals surface area contributed by atoms with Gasteiger partial charge in [0.25, 0.3) is 0 Å². The van der Waals surface area contributed by atoms with Crippen molar-refractivity contribution in [2.45, 2.75) is 6.92 Å². The quantitative estimate of drug-likeness (QED) is 0.641. The number of amides is 1. The van der Waals surface area contributed by atoms with E-state index < -0.39 is 5.82 Å². The van der Waals surface area contributed by atoms with Gasteiger partial charge >= 0.3 is 6.41 Å². The van der Waals surface area contributed by atoms with Gasteiger partial charge in [0, 0.05) is 0 Å². The normalized spacial score (nSPS) is 9.27. The molecule has 1 amide bonds. The second-order valence-electron chi connectivity index (χ2n) is 2.21. The molecular weight excluding hydrogens is 145 g/mol. The molecule has 1 aromatic rings. The highest BCUT2D eigenvalue weighted by molar-refractivity contribution is 5.72. The largest absolute Gasteiger partial charge is 0.315 e. The Kier molecular flexibility index (Phi) is 2.21. The average Bonchev–Trinajstić information content (AvgIpc) is 1.98. The summed E-state index contributed by atoms with van der Waals surface area (Å²) in [6.45, 7) is 1.81. The molecule has 0 heterocycles. The Balaban J connectivity index is 3.01. The third-order valence-corrected chi connectivity index (χ3v) is 1.31. The first kappa shape index (κ1) is 7.72. The van der Waals surface area contributed by atoms with Gasteiger partial charge in [-0.15, -0.1) is 0 Å². The van der Waals surface area contributed by atoms with Gasteiger partial charge in [-0.05, 0) is 24.6 Å². The molecule has 0 bridgehead atoms. The zero-order valence-electron chi connectivity index (χ0n) is 6.02. The third-order valence-electron chi connectivity index (χ3n) is 1.31. The van der Waals surface area contributed by atoms with Crippen LogP contribution in [0.3, 0.4) is 0 Å². The van der Waals surface area contributed by atoms with Crippen LogP contribution >= 0.6 is 0 Å². The van der Waals surface area contributed by atoms with Gasteiger partial charge in [0.1, 0.15) is 5.82 Å². The maximum absolute atomic E-state index is 12.7. The smallest absolute Gasteiger partial charge is 0.314 e. The van der Waals surface area contributed by atoms with Gasteiger partial charge in [0.2, 0.25) is 0 Å². The van der Waals surface area contributed by atoms with Crippen molar-refractivity contribution in [3.63, 3.8) is 0 Å². The van der Waals surface area contributed by atoms with Crippen LogP contribution in [0.4, 0.5) is 10.1 Å². The lowest BCUT2D eigenvalue weighted by Crippen LogP contribution is -1.96. The van der Waals surface area contributed by atoms with Crippen LogP contribution in [0.2, 0.25) is 0 Å². The molecule has 1 aromatic carbocycles. The predicted molar refractivity (Wildman–Crippen MR) is 40.5 cm³/mol. The number of hydrogen-bond donors (Lipinski definition) is 1. The highest BCUT2D eigenvalue weighted by Gasteiger charge is 1.99. The molecule has 2 nitrogen and oxygen atoms in total. The van der Waals surface area contributed by atoms with Crippen LogP contribution in [0.15, 0.2) is 18.2 Å². The Hall–Kier alpha value is -1.38. The number of hydrogen-bond acceptors (Lipinski definition) is 1. The van der Waals surface area contributed by atoms with E-state index in [0.29, 0.717) is 0 Å². The van der Waals surface area contributed by atoms with E-state index in [1.807, 2.05) is 6.92 Å². The van der Waals surface area contributed by atoms with Crippen molar-refractivity contribution in [2.75, 3.05) is 5.32 Å². The molecule has 0 unspecified atom stereocenters. The van der Waals surface area contributed by atoms with Crippen LogP contribution in [0.25, 0.3) is 0 Å². The number of anilines is 1. The fourth-order valence-electron chi connectivity index (χ4n) is 0.790. The molecule has 1 N–H and O–H groups in total. The van der Waals surface area contributed by atoms with Gasteiger partial charge in [-0.3, -0.25) is 4.79 Å². The van der Waals surface area contributed by atoms with E-state index in [0.717, 1.165) is 5.56 Å². The average molecular weight is 152 g/mol. The van der Waals surface area contributed by atoms with E-state index in [9.17, 15) is 9.18 Å². The first-order valence-electron chi connectivity index (χ1n) is 3.13. The molecule has 0 saturated carbocycles. The third kappa shape index (κ3) is 1.77. The van der Waals surface area contributed by atoms with Crippen molar-refractivity contribution in [2.24, 2.45) is 0 Å². The summed E-state index contributed by atoms with van der Waals surface area (Å²) in [7, 11) is 0. The van der Waals surface area contributed by atoms with Crippen molar-refractivity contribution in [3.05, 3.63) is 29.6 Å². The molecule has 0 saturated heterocycles. The lowest BCUT2D eigenvalue weighted by atomic mass is 10.2. The Bertz CT molecular complexity index is 273. The summed E-state index contributed by atoms with van der Waals surface area (Å²) >= 11 is 0. The zero-order chi connectivity index (χ0) is 8.27. The first-order valence-corrected chi connectivity index (χ1v) is 3.13. The van der Waals surface area contributed by atoms with Crippen molar-refractivity contribution in [3.8, 4) is 0 Å². The van der Waals surface area contributed by atoms with Crippen LogP contribution in [-0.4, -0.2) is 6.41 Å². The fraction of sp³-hybridized carbons (Fsp3) is 0.125. The lowest BCUT2D eigenvalue weighted by molar-refractivity contribution is 0.560. The predicted octanol–water partition coefficient (Wildman–Crippen LogP) is 1.61. The summed E-state index contributed by atoms with van der Waals surface area (Å²) in [5.74, 6) is -0.445. The number of aryl methyl sites for hydroxylation is 1. The summed E-state index contributed by atoms with van der Waals surface area (Å²) in [6, 6.07) is 4.47. The summed E-state index contributed by atoms with van der Waals surface area (Å²) in [5.41, 5.74) is 1.06. The number of halogens is 1. The Morgan fingerprint density at radius 2 is 2.27 bits per heavy atom. The molecule has 1 rings (SSSR count). The second kappa shape index (κ2) is 3.14. The SMILES string of the molecule is Cc1ccc(F)c(N[C]=O)c1. The molecule has 0 fully saturated rings. The maximum atomic E-state index is 12.7. The molecule has 0 aliphatic rings. The van der Waals surface area contributed by atoms with Crippen molar-refractivity contribution < 1.29 is 9.18 Å². The summed E-state index contributed by atoms with van der Waals surface area (Å²) in [6.07, 6.45) is 1.41. The minimum atomic E-state index is -0.445. The van der Waals surface area contributed by atoms with Gasteiger partial charge < -0.3 is 5.32 Å². The Morgan fingerprint density at radius 3 is 2.91 bits per heavy atom. The molecule has 0 spiro atoms. The molecule has 0 aliphatic heterocycles. The molecule has 1 radical (unpaired) electrons. The fourth-order valence-corrected chi connectivity index (χ4v) is 0.790. The zero-order valence-corrected chi connectivity index (χ0v) is 6.02. The van der Waals surface area contributed by atoms with Crippen LogP contribution < -0.4 is 5.32 Å². The van der Waals surface area contributed by atoms with Gasteiger partial charge in [-0.1, -0.05) is 6.07 Å². The minimum absolute atomic E-state index is 0.167. The lowest BCUT2D eigenvalue weighted by Gasteiger charge is -1.99. The molecule has 3 heteroatoms. The molecule has 0 atom stereocenters. The Morgan fingerprint density at radius 1 is 1.55 bits per heavy atom. The van der Waals surface area contributed by atoms with Gasteiger partial charge in [0.05, 0.1) is 5.69 Å². The second-order valence-corrected chi connectivity index (χ2v) is 2.21. The maximum Gasteiger partial charge on any atom is 0.314 e. The summed E-state index contributed by atoms with van der Waals surface area (Å²) in [4.78, 5) is 9.84. The van der Waals surface area contributed by atoms with E-state index in [-0.39, 0.29) is 5.69 Å². The number of carbonyl (C=O) groups excluding carboxylic acids is 1. The minimum Gasteiger partial charge on any atom is -0.315 e. The van der Waals surface area contributed by atoms with Crippen molar-refractivity contribution in [1.29, 1.82) is 0 Å². The van der Waals surface area contributed by atoms with E-state index in [1.54, 1.807) is 12.1 Å². The number of rotatable bonds is 2. The molecule has 0 aromatic heterocycles. The highest BCUT2D eigenvalue weighted by atomic mass is 19.1. The van der Waals surface area contributed by atoms with E-state index in [1.165, 1.54) is 12.5 Å². The van der Waals surface area contributed by atoms with Crippen LogP contribution in [0.5, 0.6) is 0 Å². The van der Waals surface area contributed by atoms with Gasteiger partial charge in [-0.25, -0.2) is 4.39 Å². The van der Waals surface area contributed by atoms with E-state index >= 15 is 0 Å². The monoisotopic (exact) mass is 152 g/mol. The van der Waals surface area contributed by atoms with E-state index in [4.69, 9.17) is 0 Å². The molecule has 57 valence electrons. The van der Waals surface area contributed by atoms with Crippen molar-refractivity contribution >= 4 is 12.1 Å². The summed E-state index contributed by atoms with van der Waals surface area (Å²) in [5, 5.41) is 2.14. The molecule has 11 heavy (non-hydrogen) atoms. The molecule has 0 aliphatic carbocycles. The standard InChI is InChI=1S/C8H7FNO/c1-6-2-3-7(9)8(4-6)10-5-11/h2-4H,1H3,(H,10,11). The number of benzene rings is 1. The van der Waals surface area contributed by atoms with Crippen LogP contribution in [0, 0.1) is 12.7 Å².